The van der Waals surface area contributed by atoms with E-state index < -0.39 is 11.2 Å². The molecule has 7 heteroatoms. The molecule has 0 radical (unpaired) electrons. The second-order valence-corrected chi connectivity index (χ2v) is 4.77. The minimum absolute atomic E-state index is 0.0301. The highest BCUT2D eigenvalue weighted by Crippen LogP contribution is 2.31. The molecule has 2 N–H and O–H groups in total. The highest BCUT2D eigenvalue weighted by molar-refractivity contribution is 5.79. The number of methoxy groups -OCH3 is 1. The Kier molecular flexibility index (Phi) is 3.17. The zero-order valence-corrected chi connectivity index (χ0v) is 12.0. The maximum absolute atomic E-state index is 11.8. The Morgan fingerprint density at radius 2 is 2.00 bits per heavy atom. The smallest absolute Gasteiger partial charge is 0.329 e. The molecular formula is C15H13N3O4. The number of aromatic amines is 1. The number of nitrogens with zero attached hydrogens (tertiary/aromatic N) is 2. The van der Waals surface area contributed by atoms with Crippen LogP contribution in [0.15, 0.2) is 39.9 Å². The van der Waals surface area contributed by atoms with Gasteiger partial charge in [0.05, 0.1) is 18.2 Å². The maximum Gasteiger partial charge on any atom is 0.329 e. The first-order chi connectivity index (χ1) is 10.5. The number of hydrogen-bond acceptors (Lipinski definition) is 5. The molecule has 0 saturated carbocycles. The van der Waals surface area contributed by atoms with Gasteiger partial charge in [-0.1, -0.05) is 0 Å². The fraction of sp³-hybridized carbons (Fsp3) is 0.133. The van der Waals surface area contributed by atoms with Crippen molar-refractivity contribution in [1.29, 1.82) is 0 Å². The van der Waals surface area contributed by atoms with Crippen LogP contribution in [-0.2, 0) is 7.05 Å². The van der Waals surface area contributed by atoms with E-state index in [4.69, 9.17) is 4.74 Å². The Morgan fingerprint density at radius 1 is 1.23 bits per heavy atom. The summed E-state index contributed by atoms with van der Waals surface area (Å²) in [6, 6.07) is 7.93. The van der Waals surface area contributed by atoms with Crippen LogP contribution >= 0.6 is 0 Å². The van der Waals surface area contributed by atoms with Gasteiger partial charge >= 0.3 is 5.69 Å². The van der Waals surface area contributed by atoms with E-state index in [-0.39, 0.29) is 11.4 Å². The SMILES string of the molecule is COc1ccc(O)c(-c2ccc3c(=O)[nH]c(=O)n(C)c3n2)c1. The average molecular weight is 299 g/mol. The van der Waals surface area contributed by atoms with Gasteiger partial charge in [-0.25, -0.2) is 9.78 Å². The van der Waals surface area contributed by atoms with Crippen molar-refractivity contribution in [3.63, 3.8) is 0 Å². The number of benzene rings is 1. The Labute approximate surface area is 124 Å². The minimum atomic E-state index is -0.544. The summed E-state index contributed by atoms with van der Waals surface area (Å²) in [4.78, 5) is 30.0. The van der Waals surface area contributed by atoms with E-state index in [1.807, 2.05) is 0 Å². The number of phenolic OH excluding ortho intramolecular Hbond substituents is 1. The number of pyridine rings is 1. The largest absolute Gasteiger partial charge is 0.507 e. The third-order valence-corrected chi connectivity index (χ3v) is 3.44. The van der Waals surface area contributed by atoms with Crippen LogP contribution in [0.1, 0.15) is 0 Å². The third kappa shape index (κ3) is 2.12. The van der Waals surface area contributed by atoms with Crippen LogP contribution in [0.3, 0.4) is 0 Å². The Morgan fingerprint density at radius 3 is 2.73 bits per heavy atom. The predicted octanol–water partition coefficient (Wildman–Crippen LogP) is 1.00. The van der Waals surface area contributed by atoms with Gasteiger partial charge in [-0.2, -0.15) is 0 Å². The molecular weight excluding hydrogens is 286 g/mol. The number of ether oxygens (including phenoxy) is 1. The van der Waals surface area contributed by atoms with Crippen LogP contribution < -0.4 is 16.0 Å². The molecule has 1 aromatic carbocycles. The van der Waals surface area contributed by atoms with Crippen molar-refractivity contribution in [3.05, 3.63) is 51.2 Å². The molecule has 0 aliphatic heterocycles. The lowest BCUT2D eigenvalue weighted by Gasteiger charge is -2.09. The molecule has 0 aliphatic rings. The highest BCUT2D eigenvalue weighted by Gasteiger charge is 2.11. The molecule has 0 fully saturated rings. The molecule has 0 saturated heterocycles. The summed E-state index contributed by atoms with van der Waals surface area (Å²) < 4.78 is 6.38. The molecule has 0 spiro atoms. The summed E-state index contributed by atoms with van der Waals surface area (Å²) in [6.45, 7) is 0. The molecule has 22 heavy (non-hydrogen) atoms. The fourth-order valence-electron chi connectivity index (χ4n) is 2.22. The molecule has 3 rings (SSSR count). The van der Waals surface area contributed by atoms with Gasteiger partial charge in [0.15, 0.2) is 0 Å². The van der Waals surface area contributed by atoms with E-state index in [9.17, 15) is 14.7 Å². The maximum atomic E-state index is 11.8. The minimum Gasteiger partial charge on any atom is -0.507 e. The molecule has 0 unspecified atom stereocenters. The number of hydrogen-bond donors (Lipinski definition) is 2. The topological polar surface area (TPSA) is 97.2 Å². The second kappa shape index (κ2) is 5.03. The Balaban J connectivity index is 2.32. The van der Waals surface area contributed by atoms with Crippen molar-refractivity contribution >= 4 is 11.0 Å². The molecule has 112 valence electrons. The summed E-state index contributed by atoms with van der Waals surface area (Å²) >= 11 is 0. The molecule has 0 aliphatic carbocycles. The first kappa shape index (κ1) is 13.9. The van der Waals surface area contributed by atoms with Gasteiger partial charge in [0.2, 0.25) is 0 Å². The van der Waals surface area contributed by atoms with Gasteiger partial charge in [-0.3, -0.25) is 14.3 Å². The number of rotatable bonds is 2. The summed E-state index contributed by atoms with van der Waals surface area (Å²) in [6.07, 6.45) is 0. The number of aryl methyl sites for hydroxylation is 1. The van der Waals surface area contributed by atoms with E-state index in [1.54, 1.807) is 24.3 Å². The second-order valence-electron chi connectivity index (χ2n) is 4.77. The van der Waals surface area contributed by atoms with E-state index >= 15 is 0 Å². The number of aromatic nitrogens is 3. The summed E-state index contributed by atoms with van der Waals surface area (Å²) in [7, 11) is 3.04. The van der Waals surface area contributed by atoms with Crippen LogP contribution in [0.5, 0.6) is 11.5 Å². The van der Waals surface area contributed by atoms with Crippen molar-refractivity contribution in [3.8, 4) is 22.8 Å². The molecule has 0 atom stereocenters. The molecule has 3 aromatic rings. The van der Waals surface area contributed by atoms with Gasteiger partial charge < -0.3 is 9.84 Å². The van der Waals surface area contributed by atoms with Crippen molar-refractivity contribution in [2.45, 2.75) is 0 Å². The van der Waals surface area contributed by atoms with Gasteiger partial charge in [0.1, 0.15) is 17.1 Å². The van der Waals surface area contributed by atoms with Crippen LogP contribution in [-0.4, -0.2) is 26.8 Å². The number of H-pyrrole nitrogens is 1. The zero-order chi connectivity index (χ0) is 15.9. The monoisotopic (exact) mass is 299 g/mol. The van der Waals surface area contributed by atoms with E-state index in [0.29, 0.717) is 22.4 Å². The molecule has 2 heterocycles. The van der Waals surface area contributed by atoms with Gasteiger partial charge in [0.25, 0.3) is 5.56 Å². The highest BCUT2D eigenvalue weighted by atomic mass is 16.5. The molecule has 2 aromatic heterocycles. The molecule has 7 nitrogen and oxygen atoms in total. The molecule has 0 bridgehead atoms. The lowest BCUT2D eigenvalue weighted by molar-refractivity contribution is 0.412. The third-order valence-electron chi connectivity index (χ3n) is 3.44. The van der Waals surface area contributed by atoms with Crippen molar-refractivity contribution in [1.82, 2.24) is 14.5 Å². The Hall–Kier alpha value is -3.09. The van der Waals surface area contributed by atoms with Crippen molar-refractivity contribution in [2.75, 3.05) is 7.11 Å². The summed E-state index contributed by atoms with van der Waals surface area (Å²) in [5.41, 5.74) is 0.0935. The number of aromatic hydroxyl groups is 1. The van der Waals surface area contributed by atoms with E-state index in [2.05, 4.69) is 9.97 Å². The van der Waals surface area contributed by atoms with Crippen molar-refractivity contribution < 1.29 is 9.84 Å². The summed E-state index contributed by atoms with van der Waals surface area (Å²) in [5, 5.41) is 10.3. The number of phenols is 1. The lowest BCUT2D eigenvalue weighted by Crippen LogP contribution is -2.28. The normalized spacial score (nSPS) is 10.8. The summed E-state index contributed by atoms with van der Waals surface area (Å²) in [5.74, 6) is 0.594. The van der Waals surface area contributed by atoms with E-state index in [0.717, 1.165) is 0 Å². The number of fused-ring (bicyclic) bond motifs is 1. The van der Waals surface area contributed by atoms with Gasteiger partial charge in [0, 0.05) is 12.6 Å². The standard InChI is InChI=1S/C15H13N3O4/c1-18-13-9(14(20)17-15(18)21)4-5-11(16-13)10-7-8(22-2)3-6-12(10)19/h3-7,19H,1-2H3,(H,17,20,21). The lowest BCUT2D eigenvalue weighted by atomic mass is 10.1. The van der Waals surface area contributed by atoms with Crippen LogP contribution in [0.2, 0.25) is 0 Å². The fourth-order valence-corrected chi connectivity index (χ4v) is 2.22. The van der Waals surface area contributed by atoms with Gasteiger partial charge in [-0.05, 0) is 30.3 Å². The first-order valence-corrected chi connectivity index (χ1v) is 6.48. The number of nitrogens with one attached hydrogen (secondary N) is 1. The first-order valence-electron chi connectivity index (χ1n) is 6.48. The average Bonchev–Trinajstić information content (AvgIpc) is 2.53. The Bertz CT molecular complexity index is 988. The quantitative estimate of drug-likeness (QED) is 0.736. The van der Waals surface area contributed by atoms with Crippen LogP contribution in [0, 0.1) is 0 Å². The van der Waals surface area contributed by atoms with Crippen molar-refractivity contribution in [2.24, 2.45) is 7.05 Å². The van der Waals surface area contributed by atoms with Crippen LogP contribution in [0.4, 0.5) is 0 Å². The zero-order valence-electron chi connectivity index (χ0n) is 12.0. The van der Waals surface area contributed by atoms with Gasteiger partial charge in [-0.15, -0.1) is 0 Å². The van der Waals surface area contributed by atoms with Crippen LogP contribution in [0.25, 0.3) is 22.3 Å². The van der Waals surface area contributed by atoms with E-state index in [1.165, 1.54) is 24.8 Å². The predicted molar refractivity (Wildman–Crippen MR) is 81.3 cm³/mol. The molecule has 0 amide bonds.